The molecule has 0 aliphatic heterocycles. The van der Waals surface area contributed by atoms with Crippen LogP contribution < -0.4 is 4.72 Å². The van der Waals surface area contributed by atoms with Gasteiger partial charge in [0.1, 0.15) is 11.5 Å². The van der Waals surface area contributed by atoms with Crippen molar-refractivity contribution in [2.24, 2.45) is 0 Å². The van der Waals surface area contributed by atoms with Crippen LogP contribution in [0.2, 0.25) is 5.02 Å². The van der Waals surface area contributed by atoms with Gasteiger partial charge in [0.25, 0.3) is 0 Å². The lowest BCUT2D eigenvalue weighted by Gasteiger charge is -2.12. The van der Waals surface area contributed by atoms with E-state index in [1.165, 1.54) is 37.2 Å². The van der Waals surface area contributed by atoms with Crippen molar-refractivity contribution in [2.45, 2.75) is 4.90 Å². The van der Waals surface area contributed by atoms with Crippen molar-refractivity contribution in [3.8, 4) is 11.8 Å². The number of nitrogens with zero attached hydrogens (tertiary/aromatic N) is 1. The van der Waals surface area contributed by atoms with Crippen molar-refractivity contribution in [2.75, 3.05) is 27.2 Å². The molecule has 1 aromatic carbocycles. The number of aliphatic hydroxyl groups is 1. The number of likely N-dealkylation sites (N-methyl/N-ethyl adjacent to an activating group) is 1. The summed E-state index contributed by atoms with van der Waals surface area (Å²) in [6, 6.07) is 4.15. The molecule has 8 heteroatoms. The molecule has 0 radical (unpaired) electrons. The number of carbonyl (C=O) groups excluding carboxylic acids is 1. The Bertz CT molecular complexity index is 690. The molecular weight excluding hydrogens is 316 g/mol. The Morgan fingerprint density at radius 3 is 2.62 bits per heavy atom. The largest absolute Gasteiger partial charge is 0.384 e. The lowest BCUT2D eigenvalue weighted by Crippen LogP contribution is -2.36. The average Bonchev–Trinajstić information content (AvgIpc) is 2.42. The Morgan fingerprint density at radius 1 is 1.43 bits per heavy atom. The number of hydrogen-bond donors (Lipinski definition) is 2. The lowest BCUT2D eigenvalue weighted by molar-refractivity contribution is -0.127. The number of carbonyl (C=O) groups is 1. The van der Waals surface area contributed by atoms with E-state index in [4.69, 9.17) is 16.7 Å². The summed E-state index contributed by atoms with van der Waals surface area (Å²) in [5, 5.41) is 8.59. The molecular formula is C13H15ClN2O4S. The molecule has 0 atom stereocenters. The summed E-state index contributed by atoms with van der Waals surface area (Å²) in [5.41, 5.74) is 0.484. The maximum absolute atomic E-state index is 12.1. The fourth-order valence-corrected chi connectivity index (χ4v) is 2.85. The van der Waals surface area contributed by atoms with Crippen LogP contribution in [0.3, 0.4) is 0 Å². The topological polar surface area (TPSA) is 86.7 Å². The number of aliphatic hydroxyl groups excluding tert-OH is 1. The minimum absolute atomic E-state index is 0.00968. The molecule has 0 saturated heterocycles. The highest BCUT2D eigenvalue weighted by atomic mass is 35.5. The van der Waals surface area contributed by atoms with Crippen LogP contribution in [0.25, 0.3) is 0 Å². The minimum Gasteiger partial charge on any atom is -0.384 e. The third-order valence-electron chi connectivity index (χ3n) is 2.45. The van der Waals surface area contributed by atoms with Crippen LogP contribution in [0, 0.1) is 11.8 Å². The number of benzene rings is 1. The van der Waals surface area contributed by atoms with E-state index in [9.17, 15) is 13.2 Å². The number of nitrogens with one attached hydrogen (secondary N) is 1. The maximum atomic E-state index is 12.1. The fourth-order valence-electron chi connectivity index (χ4n) is 1.33. The summed E-state index contributed by atoms with van der Waals surface area (Å²) in [4.78, 5) is 12.5. The normalized spacial score (nSPS) is 10.7. The molecule has 21 heavy (non-hydrogen) atoms. The maximum Gasteiger partial charge on any atom is 0.242 e. The van der Waals surface area contributed by atoms with Gasteiger partial charge in [0.2, 0.25) is 15.9 Å². The molecule has 0 aliphatic carbocycles. The van der Waals surface area contributed by atoms with Crippen LogP contribution >= 0.6 is 11.6 Å². The van der Waals surface area contributed by atoms with Crippen LogP contribution in [0.4, 0.5) is 0 Å². The summed E-state index contributed by atoms with van der Waals surface area (Å²) < 4.78 is 26.3. The first kappa shape index (κ1) is 17.5. The van der Waals surface area contributed by atoms with E-state index in [1.54, 1.807) is 0 Å². The van der Waals surface area contributed by atoms with Gasteiger partial charge >= 0.3 is 0 Å². The Balaban J connectivity index is 2.96. The molecule has 0 bridgehead atoms. The quantitative estimate of drug-likeness (QED) is 0.764. The fraction of sp³-hybridized carbons (Fsp3) is 0.308. The van der Waals surface area contributed by atoms with Crippen LogP contribution in [-0.2, 0) is 14.8 Å². The molecule has 1 aromatic rings. The van der Waals surface area contributed by atoms with E-state index < -0.39 is 10.0 Å². The Morgan fingerprint density at radius 2 is 2.10 bits per heavy atom. The molecule has 0 saturated carbocycles. The first-order chi connectivity index (χ1) is 9.77. The molecule has 1 amide bonds. The molecule has 6 nitrogen and oxygen atoms in total. The van der Waals surface area contributed by atoms with Crippen LogP contribution in [0.5, 0.6) is 0 Å². The molecule has 0 aromatic heterocycles. The monoisotopic (exact) mass is 330 g/mol. The average molecular weight is 331 g/mol. The standard InChI is InChI=1S/C13H15ClN2O4S/c1-16(2)13(18)9-15-21(19,20)12-6-5-10(4-3-7-17)8-11(12)14/h5-6,8,15,17H,7,9H2,1-2H3. The van der Waals surface area contributed by atoms with Gasteiger partial charge in [-0.25, -0.2) is 13.1 Å². The van der Waals surface area contributed by atoms with E-state index in [0.29, 0.717) is 5.56 Å². The van der Waals surface area contributed by atoms with Gasteiger partial charge in [0.05, 0.1) is 11.6 Å². The first-order valence-corrected chi connectivity index (χ1v) is 7.73. The molecule has 0 fully saturated rings. The molecule has 0 aliphatic rings. The molecule has 114 valence electrons. The van der Waals surface area contributed by atoms with E-state index in [-0.39, 0.29) is 29.0 Å². The summed E-state index contributed by atoms with van der Waals surface area (Å²) in [6.45, 7) is -0.649. The lowest BCUT2D eigenvalue weighted by atomic mass is 10.2. The minimum atomic E-state index is -3.88. The second kappa shape index (κ2) is 7.43. The van der Waals surface area contributed by atoms with Gasteiger partial charge < -0.3 is 10.0 Å². The first-order valence-electron chi connectivity index (χ1n) is 5.87. The number of sulfonamides is 1. The van der Waals surface area contributed by atoms with Crippen molar-refractivity contribution in [3.05, 3.63) is 28.8 Å². The highest BCUT2D eigenvalue weighted by Gasteiger charge is 2.19. The third-order valence-corrected chi connectivity index (χ3v) is 4.33. The summed E-state index contributed by atoms with van der Waals surface area (Å²) in [5.74, 6) is 4.68. The van der Waals surface area contributed by atoms with Gasteiger partial charge in [-0.1, -0.05) is 23.4 Å². The second-order valence-corrected chi connectivity index (χ2v) is 6.36. The second-order valence-electron chi connectivity index (χ2n) is 4.22. The Kier molecular flexibility index (Phi) is 6.18. The Labute approximate surface area is 128 Å². The van der Waals surface area contributed by atoms with Crippen molar-refractivity contribution in [1.82, 2.24) is 9.62 Å². The molecule has 0 heterocycles. The summed E-state index contributed by atoms with van der Waals surface area (Å²) >= 11 is 5.93. The highest BCUT2D eigenvalue weighted by Crippen LogP contribution is 2.22. The van der Waals surface area contributed by atoms with E-state index in [1.807, 2.05) is 0 Å². The van der Waals surface area contributed by atoms with Gasteiger partial charge in [-0.3, -0.25) is 4.79 Å². The highest BCUT2D eigenvalue weighted by molar-refractivity contribution is 7.89. The van der Waals surface area contributed by atoms with Crippen molar-refractivity contribution in [1.29, 1.82) is 0 Å². The zero-order chi connectivity index (χ0) is 16.0. The Hall–Kier alpha value is -1.59. The van der Waals surface area contributed by atoms with E-state index in [0.717, 1.165) is 0 Å². The van der Waals surface area contributed by atoms with Crippen LogP contribution in [0.1, 0.15) is 5.56 Å². The van der Waals surface area contributed by atoms with Gasteiger partial charge in [-0.2, -0.15) is 0 Å². The predicted octanol–water partition coefficient (Wildman–Crippen LogP) is 0.0503. The van der Waals surface area contributed by atoms with Crippen molar-refractivity contribution in [3.63, 3.8) is 0 Å². The summed E-state index contributed by atoms with van der Waals surface area (Å²) in [7, 11) is -0.832. The summed E-state index contributed by atoms with van der Waals surface area (Å²) in [6.07, 6.45) is 0. The molecule has 2 N–H and O–H groups in total. The van der Waals surface area contributed by atoms with E-state index in [2.05, 4.69) is 16.6 Å². The number of hydrogen-bond acceptors (Lipinski definition) is 4. The SMILES string of the molecule is CN(C)C(=O)CNS(=O)(=O)c1ccc(C#CCO)cc1Cl. The van der Waals surface area contributed by atoms with Crippen molar-refractivity contribution >= 4 is 27.5 Å². The molecule has 0 spiro atoms. The van der Waals surface area contributed by atoms with Gasteiger partial charge in [0, 0.05) is 19.7 Å². The number of amides is 1. The number of rotatable bonds is 4. The molecule has 0 unspecified atom stereocenters. The smallest absolute Gasteiger partial charge is 0.242 e. The predicted molar refractivity (Wildman–Crippen MR) is 79.3 cm³/mol. The van der Waals surface area contributed by atoms with Crippen LogP contribution in [0.15, 0.2) is 23.1 Å². The van der Waals surface area contributed by atoms with Crippen molar-refractivity contribution < 1.29 is 18.3 Å². The van der Waals surface area contributed by atoms with Gasteiger partial charge in [-0.05, 0) is 18.2 Å². The molecule has 1 rings (SSSR count). The van der Waals surface area contributed by atoms with Gasteiger partial charge in [0.15, 0.2) is 0 Å². The zero-order valence-electron chi connectivity index (χ0n) is 11.6. The van der Waals surface area contributed by atoms with E-state index >= 15 is 0 Å². The third kappa shape index (κ3) is 5.02. The van der Waals surface area contributed by atoms with Crippen LogP contribution in [-0.4, -0.2) is 51.6 Å². The number of halogens is 1. The zero-order valence-corrected chi connectivity index (χ0v) is 13.1. The van der Waals surface area contributed by atoms with Gasteiger partial charge in [-0.15, -0.1) is 0 Å².